The van der Waals surface area contributed by atoms with Gasteiger partial charge in [0.25, 0.3) is 5.69 Å². The maximum absolute atomic E-state index is 10.5. The molecule has 0 aliphatic carbocycles. The Kier molecular flexibility index (Phi) is 4.63. The van der Waals surface area contributed by atoms with E-state index in [9.17, 15) is 14.9 Å². The molecule has 1 aromatic rings. The molecule has 0 saturated carbocycles. The fourth-order valence-corrected chi connectivity index (χ4v) is 1.63. The fraction of sp³-hybridized carbons (Fsp3) is 0.417. The summed E-state index contributed by atoms with van der Waals surface area (Å²) in [5, 5.41) is 19.0. The number of nitrogens with zero attached hydrogens (tertiary/aromatic N) is 1. The van der Waals surface area contributed by atoms with E-state index in [1.807, 2.05) is 6.92 Å². The summed E-state index contributed by atoms with van der Waals surface area (Å²) < 4.78 is 0. The number of hydrogen-bond donors (Lipinski definition) is 1. The Balaban J connectivity index is 2.51. The fourth-order valence-electron chi connectivity index (χ4n) is 1.63. The predicted molar refractivity (Wildman–Crippen MR) is 62.8 cm³/mol. The van der Waals surface area contributed by atoms with Crippen LogP contribution in [0.4, 0.5) is 5.69 Å². The minimum absolute atomic E-state index is 0.0759. The lowest BCUT2D eigenvalue weighted by atomic mass is 9.96. The van der Waals surface area contributed by atoms with Crippen LogP contribution >= 0.6 is 0 Å². The Labute approximate surface area is 99.2 Å². The van der Waals surface area contributed by atoms with Gasteiger partial charge in [0.2, 0.25) is 0 Å². The molecule has 0 bridgehead atoms. The number of hydrogen-bond acceptors (Lipinski definition) is 3. The standard InChI is InChI=1S/C12H15NO4/c1-9(2-7-12(14)15)8-10-3-5-11(6-4-10)13(16)17/h3-6,9H,2,7-8H2,1H3,(H,14,15)/t9-/m1/s1. The van der Waals surface area contributed by atoms with Gasteiger partial charge >= 0.3 is 5.97 Å². The van der Waals surface area contributed by atoms with E-state index in [1.165, 1.54) is 12.1 Å². The Morgan fingerprint density at radius 1 is 1.41 bits per heavy atom. The molecule has 0 heterocycles. The zero-order chi connectivity index (χ0) is 12.8. The summed E-state index contributed by atoms with van der Waals surface area (Å²) in [6.07, 6.45) is 1.52. The topological polar surface area (TPSA) is 80.4 Å². The van der Waals surface area contributed by atoms with Crippen molar-refractivity contribution in [1.82, 2.24) is 0 Å². The summed E-state index contributed by atoms with van der Waals surface area (Å²) in [7, 11) is 0. The predicted octanol–water partition coefficient (Wildman–Crippen LogP) is 2.64. The van der Waals surface area contributed by atoms with E-state index < -0.39 is 10.9 Å². The summed E-state index contributed by atoms with van der Waals surface area (Å²) in [5.41, 5.74) is 1.07. The highest BCUT2D eigenvalue weighted by molar-refractivity contribution is 5.66. The molecule has 1 atom stereocenters. The number of nitro groups is 1. The molecule has 92 valence electrons. The molecule has 17 heavy (non-hydrogen) atoms. The van der Waals surface area contributed by atoms with Crippen LogP contribution in [0, 0.1) is 16.0 Å². The molecule has 5 nitrogen and oxygen atoms in total. The summed E-state index contributed by atoms with van der Waals surface area (Å²) in [5.74, 6) is -0.534. The zero-order valence-corrected chi connectivity index (χ0v) is 9.63. The lowest BCUT2D eigenvalue weighted by Gasteiger charge is -2.09. The molecular formula is C12H15NO4. The van der Waals surface area contributed by atoms with Crippen LogP contribution in [0.1, 0.15) is 25.3 Å². The molecule has 0 amide bonds. The zero-order valence-electron chi connectivity index (χ0n) is 9.63. The van der Waals surface area contributed by atoms with E-state index in [-0.39, 0.29) is 18.0 Å². The van der Waals surface area contributed by atoms with Crippen molar-refractivity contribution in [3.05, 3.63) is 39.9 Å². The molecule has 0 aromatic heterocycles. The first-order valence-corrected chi connectivity index (χ1v) is 5.44. The van der Waals surface area contributed by atoms with Crippen LogP contribution in [-0.2, 0) is 11.2 Å². The molecule has 5 heteroatoms. The van der Waals surface area contributed by atoms with E-state index in [2.05, 4.69) is 0 Å². The summed E-state index contributed by atoms with van der Waals surface area (Å²) >= 11 is 0. The van der Waals surface area contributed by atoms with Crippen molar-refractivity contribution >= 4 is 11.7 Å². The van der Waals surface area contributed by atoms with Crippen molar-refractivity contribution in [3.8, 4) is 0 Å². The number of carboxylic acid groups (broad SMARTS) is 1. The summed E-state index contributed by atoms with van der Waals surface area (Å²) in [6.45, 7) is 1.98. The van der Waals surface area contributed by atoms with E-state index in [0.717, 1.165) is 12.0 Å². The second-order valence-corrected chi connectivity index (χ2v) is 4.17. The SMILES string of the molecule is C[C@H](CCC(=O)O)Cc1ccc([N+](=O)[O-])cc1. The molecule has 0 unspecified atom stereocenters. The van der Waals surface area contributed by atoms with Crippen LogP contribution in [-0.4, -0.2) is 16.0 Å². The van der Waals surface area contributed by atoms with E-state index in [1.54, 1.807) is 12.1 Å². The van der Waals surface area contributed by atoms with Gasteiger partial charge in [-0.05, 0) is 24.3 Å². The third kappa shape index (κ3) is 4.63. The van der Waals surface area contributed by atoms with Gasteiger partial charge in [0.15, 0.2) is 0 Å². The smallest absolute Gasteiger partial charge is 0.303 e. The molecule has 0 spiro atoms. The van der Waals surface area contributed by atoms with Crippen LogP contribution in [0.25, 0.3) is 0 Å². The maximum atomic E-state index is 10.5. The minimum Gasteiger partial charge on any atom is -0.481 e. The van der Waals surface area contributed by atoms with Crippen LogP contribution in [0.15, 0.2) is 24.3 Å². The van der Waals surface area contributed by atoms with Gasteiger partial charge in [-0.1, -0.05) is 19.1 Å². The van der Waals surface area contributed by atoms with E-state index in [4.69, 9.17) is 5.11 Å². The molecule has 0 fully saturated rings. The van der Waals surface area contributed by atoms with Gasteiger partial charge in [0.05, 0.1) is 4.92 Å². The van der Waals surface area contributed by atoms with Crippen molar-refractivity contribution in [1.29, 1.82) is 0 Å². The van der Waals surface area contributed by atoms with E-state index >= 15 is 0 Å². The first-order chi connectivity index (χ1) is 7.99. The largest absolute Gasteiger partial charge is 0.481 e. The average Bonchev–Trinajstić information content (AvgIpc) is 2.27. The molecule has 0 aliphatic rings. The first-order valence-electron chi connectivity index (χ1n) is 5.44. The van der Waals surface area contributed by atoms with Crippen LogP contribution < -0.4 is 0 Å². The Hall–Kier alpha value is -1.91. The average molecular weight is 237 g/mol. The number of carbonyl (C=O) groups is 1. The lowest BCUT2D eigenvalue weighted by molar-refractivity contribution is -0.384. The van der Waals surface area contributed by atoms with Crippen molar-refractivity contribution < 1.29 is 14.8 Å². The van der Waals surface area contributed by atoms with Crippen LogP contribution in [0.5, 0.6) is 0 Å². The van der Waals surface area contributed by atoms with Crippen molar-refractivity contribution in [2.75, 3.05) is 0 Å². The Morgan fingerprint density at radius 2 is 2.00 bits per heavy atom. The van der Waals surface area contributed by atoms with E-state index in [0.29, 0.717) is 6.42 Å². The number of nitro benzene ring substituents is 1. The molecule has 0 saturated heterocycles. The van der Waals surface area contributed by atoms with Crippen LogP contribution in [0.2, 0.25) is 0 Å². The first kappa shape index (κ1) is 13.2. The molecule has 1 aromatic carbocycles. The van der Waals surface area contributed by atoms with Crippen molar-refractivity contribution in [2.24, 2.45) is 5.92 Å². The van der Waals surface area contributed by atoms with Crippen LogP contribution in [0.3, 0.4) is 0 Å². The van der Waals surface area contributed by atoms with Crippen molar-refractivity contribution in [3.63, 3.8) is 0 Å². The number of benzene rings is 1. The molecular weight excluding hydrogens is 222 g/mol. The number of non-ortho nitro benzene ring substituents is 1. The van der Waals surface area contributed by atoms with Gasteiger partial charge in [-0.2, -0.15) is 0 Å². The highest BCUT2D eigenvalue weighted by Crippen LogP contribution is 2.17. The minimum atomic E-state index is -0.791. The Bertz CT molecular complexity index is 399. The second-order valence-electron chi connectivity index (χ2n) is 4.17. The molecule has 1 rings (SSSR count). The third-order valence-corrected chi connectivity index (χ3v) is 2.58. The number of carboxylic acids is 1. The van der Waals surface area contributed by atoms with Gasteiger partial charge in [0.1, 0.15) is 0 Å². The summed E-state index contributed by atoms with van der Waals surface area (Å²) in [6, 6.07) is 6.38. The maximum Gasteiger partial charge on any atom is 0.303 e. The molecule has 0 aliphatic heterocycles. The van der Waals surface area contributed by atoms with Crippen molar-refractivity contribution in [2.45, 2.75) is 26.2 Å². The highest BCUT2D eigenvalue weighted by Gasteiger charge is 2.08. The molecule has 1 N–H and O–H groups in total. The third-order valence-electron chi connectivity index (χ3n) is 2.58. The van der Waals surface area contributed by atoms with Gasteiger partial charge in [-0.25, -0.2) is 0 Å². The van der Waals surface area contributed by atoms with Gasteiger partial charge in [0, 0.05) is 18.6 Å². The normalized spacial score (nSPS) is 12.1. The quantitative estimate of drug-likeness (QED) is 0.609. The number of rotatable bonds is 6. The second kappa shape index (κ2) is 5.98. The molecule has 0 radical (unpaired) electrons. The lowest BCUT2D eigenvalue weighted by Crippen LogP contribution is -2.04. The van der Waals surface area contributed by atoms with Gasteiger partial charge in [-0.3, -0.25) is 14.9 Å². The summed E-state index contributed by atoms with van der Waals surface area (Å²) in [4.78, 5) is 20.4. The van der Waals surface area contributed by atoms with Gasteiger partial charge < -0.3 is 5.11 Å². The van der Waals surface area contributed by atoms with Gasteiger partial charge in [-0.15, -0.1) is 0 Å². The number of aliphatic carboxylic acids is 1. The Morgan fingerprint density at radius 3 is 2.47 bits per heavy atom. The highest BCUT2D eigenvalue weighted by atomic mass is 16.6. The monoisotopic (exact) mass is 237 g/mol.